The van der Waals surface area contributed by atoms with Gasteiger partial charge in [-0.1, -0.05) is 75.3 Å². The van der Waals surface area contributed by atoms with Crippen LogP contribution in [0, 0.1) is 0 Å². The molecule has 0 bridgehead atoms. The topological polar surface area (TPSA) is 20.3 Å². The zero-order valence-electron chi connectivity index (χ0n) is 13.2. The molecule has 1 aromatic rings. The first-order chi connectivity index (χ1) is 10.4. The predicted molar refractivity (Wildman–Crippen MR) is 88.0 cm³/mol. The fraction of sp³-hybridized carbons (Fsp3) is 0.632. The van der Waals surface area contributed by atoms with Crippen LogP contribution in [-0.4, -0.2) is 17.4 Å². The molecule has 116 valence electrons. The summed E-state index contributed by atoms with van der Waals surface area (Å²) >= 11 is 0. The van der Waals surface area contributed by atoms with Crippen molar-refractivity contribution < 1.29 is 4.79 Å². The van der Waals surface area contributed by atoms with Crippen LogP contribution in [0.2, 0.25) is 0 Å². The van der Waals surface area contributed by atoms with Gasteiger partial charge in [-0.15, -0.1) is 0 Å². The molecule has 1 heterocycles. The van der Waals surface area contributed by atoms with Crippen molar-refractivity contribution in [2.75, 3.05) is 6.54 Å². The SMILES string of the molecule is O=C1CCCCCCCCCCCN1Cc1ccccc1. The third-order valence-corrected chi connectivity index (χ3v) is 4.39. The molecule has 21 heavy (non-hydrogen) atoms. The van der Waals surface area contributed by atoms with Gasteiger partial charge < -0.3 is 4.90 Å². The Kier molecular flexibility index (Phi) is 7.34. The Bertz CT molecular complexity index is 401. The van der Waals surface area contributed by atoms with Gasteiger partial charge in [-0.25, -0.2) is 0 Å². The maximum atomic E-state index is 12.4. The summed E-state index contributed by atoms with van der Waals surface area (Å²) in [6.07, 6.45) is 12.1. The summed E-state index contributed by atoms with van der Waals surface area (Å²) in [5, 5.41) is 0. The normalized spacial score (nSPS) is 19.4. The highest BCUT2D eigenvalue weighted by atomic mass is 16.2. The summed E-state index contributed by atoms with van der Waals surface area (Å²) in [5.41, 5.74) is 1.25. The number of nitrogens with zero attached hydrogens (tertiary/aromatic N) is 1. The van der Waals surface area contributed by atoms with Crippen molar-refractivity contribution in [2.45, 2.75) is 70.8 Å². The van der Waals surface area contributed by atoms with Gasteiger partial charge in [0.05, 0.1) is 0 Å². The highest BCUT2D eigenvalue weighted by Gasteiger charge is 2.13. The third-order valence-electron chi connectivity index (χ3n) is 4.39. The molecule has 2 rings (SSSR count). The molecule has 1 aliphatic rings. The first-order valence-electron chi connectivity index (χ1n) is 8.68. The molecule has 0 atom stereocenters. The number of rotatable bonds is 2. The molecular weight excluding hydrogens is 258 g/mol. The van der Waals surface area contributed by atoms with E-state index in [1.165, 1.54) is 50.5 Å². The highest BCUT2D eigenvalue weighted by Crippen LogP contribution is 2.15. The second-order valence-corrected chi connectivity index (χ2v) is 6.23. The summed E-state index contributed by atoms with van der Waals surface area (Å²) in [7, 11) is 0. The average molecular weight is 287 g/mol. The lowest BCUT2D eigenvalue weighted by Gasteiger charge is -2.23. The molecule has 2 heteroatoms. The molecule has 0 unspecified atom stereocenters. The Hall–Kier alpha value is -1.31. The van der Waals surface area contributed by atoms with E-state index in [9.17, 15) is 4.79 Å². The molecular formula is C19H29NO. The molecule has 1 saturated heterocycles. The van der Waals surface area contributed by atoms with Crippen molar-refractivity contribution in [3.63, 3.8) is 0 Å². The van der Waals surface area contributed by atoms with Gasteiger partial charge in [-0.3, -0.25) is 4.79 Å². The minimum atomic E-state index is 0.345. The van der Waals surface area contributed by atoms with Crippen molar-refractivity contribution in [1.82, 2.24) is 4.90 Å². The van der Waals surface area contributed by atoms with E-state index in [2.05, 4.69) is 29.2 Å². The number of carbonyl (C=O) groups excluding carboxylic acids is 1. The average Bonchev–Trinajstić information content (AvgIpc) is 2.53. The van der Waals surface area contributed by atoms with Crippen LogP contribution in [0.3, 0.4) is 0 Å². The van der Waals surface area contributed by atoms with Crippen LogP contribution in [0.5, 0.6) is 0 Å². The second kappa shape index (κ2) is 9.59. The number of hydrogen-bond acceptors (Lipinski definition) is 1. The van der Waals surface area contributed by atoms with Crippen LogP contribution in [0.25, 0.3) is 0 Å². The van der Waals surface area contributed by atoms with E-state index >= 15 is 0 Å². The van der Waals surface area contributed by atoms with Gasteiger partial charge >= 0.3 is 0 Å². The number of amides is 1. The zero-order valence-corrected chi connectivity index (χ0v) is 13.2. The van der Waals surface area contributed by atoms with Crippen molar-refractivity contribution in [2.24, 2.45) is 0 Å². The van der Waals surface area contributed by atoms with E-state index < -0.39 is 0 Å². The molecule has 0 aromatic heterocycles. The summed E-state index contributed by atoms with van der Waals surface area (Å²) in [6, 6.07) is 10.4. The molecule has 1 aliphatic heterocycles. The third kappa shape index (κ3) is 6.33. The van der Waals surface area contributed by atoms with E-state index in [0.29, 0.717) is 5.91 Å². The lowest BCUT2D eigenvalue weighted by Crippen LogP contribution is -2.31. The molecule has 0 N–H and O–H groups in total. The molecule has 0 radical (unpaired) electrons. The van der Waals surface area contributed by atoms with Gasteiger partial charge in [0.2, 0.25) is 5.91 Å². The fourth-order valence-electron chi connectivity index (χ4n) is 3.07. The van der Waals surface area contributed by atoms with E-state index in [1.54, 1.807) is 0 Å². The molecule has 1 amide bonds. The van der Waals surface area contributed by atoms with Crippen molar-refractivity contribution in [1.29, 1.82) is 0 Å². The van der Waals surface area contributed by atoms with Gasteiger partial charge in [0.25, 0.3) is 0 Å². The quantitative estimate of drug-likeness (QED) is 0.755. The fourth-order valence-corrected chi connectivity index (χ4v) is 3.07. The maximum Gasteiger partial charge on any atom is 0.222 e. The number of carbonyl (C=O) groups is 1. The number of hydrogen-bond donors (Lipinski definition) is 0. The van der Waals surface area contributed by atoms with E-state index in [1.807, 2.05) is 6.07 Å². The summed E-state index contributed by atoms with van der Waals surface area (Å²) in [6.45, 7) is 1.70. The monoisotopic (exact) mass is 287 g/mol. The Labute approximate surface area is 129 Å². The minimum absolute atomic E-state index is 0.345. The van der Waals surface area contributed by atoms with Gasteiger partial charge in [-0.2, -0.15) is 0 Å². The van der Waals surface area contributed by atoms with Crippen LogP contribution in [0.4, 0.5) is 0 Å². The molecule has 0 spiro atoms. The standard InChI is InChI=1S/C19H29NO/c21-19-15-11-6-4-2-1-3-5-7-12-16-20(19)17-18-13-9-8-10-14-18/h8-10,13-14H,1-7,11-12,15-17H2. The van der Waals surface area contributed by atoms with Crippen molar-refractivity contribution in [3.05, 3.63) is 35.9 Å². The maximum absolute atomic E-state index is 12.4. The Morgan fingerprint density at radius 2 is 1.33 bits per heavy atom. The number of benzene rings is 1. The second-order valence-electron chi connectivity index (χ2n) is 6.23. The summed E-state index contributed by atoms with van der Waals surface area (Å²) < 4.78 is 0. The van der Waals surface area contributed by atoms with Gasteiger partial charge in [0, 0.05) is 19.5 Å². The molecule has 1 aromatic carbocycles. The largest absolute Gasteiger partial charge is 0.338 e. The van der Waals surface area contributed by atoms with Crippen molar-refractivity contribution in [3.8, 4) is 0 Å². The first-order valence-corrected chi connectivity index (χ1v) is 8.68. The van der Waals surface area contributed by atoms with Crippen LogP contribution in [0.1, 0.15) is 69.8 Å². The Morgan fingerprint density at radius 3 is 2.00 bits per heavy atom. The molecule has 0 aliphatic carbocycles. The first kappa shape index (κ1) is 16.1. The summed E-state index contributed by atoms with van der Waals surface area (Å²) in [5.74, 6) is 0.345. The van der Waals surface area contributed by atoms with Crippen LogP contribution in [0.15, 0.2) is 30.3 Å². The summed E-state index contributed by atoms with van der Waals surface area (Å²) in [4.78, 5) is 14.5. The van der Waals surface area contributed by atoms with Gasteiger partial charge in [0.15, 0.2) is 0 Å². The van der Waals surface area contributed by atoms with Gasteiger partial charge in [-0.05, 0) is 18.4 Å². The lowest BCUT2D eigenvalue weighted by atomic mass is 10.1. The van der Waals surface area contributed by atoms with Crippen LogP contribution < -0.4 is 0 Å². The minimum Gasteiger partial charge on any atom is -0.338 e. The van der Waals surface area contributed by atoms with E-state index in [-0.39, 0.29) is 0 Å². The molecule has 2 nitrogen and oxygen atoms in total. The van der Waals surface area contributed by atoms with Crippen LogP contribution in [-0.2, 0) is 11.3 Å². The Balaban J connectivity index is 1.91. The van der Waals surface area contributed by atoms with Crippen molar-refractivity contribution >= 4 is 5.91 Å². The lowest BCUT2D eigenvalue weighted by molar-refractivity contribution is -0.132. The van der Waals surface area contributed by atoms with Gasteiger partial charge in [0.1, 0.15) is 0 Å². The highest BCUT2D eigenvalue weighted by molar-refractivity contribution is 5.76. The molecule has 1 fully saturated rings. The predicted octanol–water partition coefficient (Wildman–Crippen LogP) is 4.93. The van der Waals surface area contributed by atoms with Crippen LogP contribution >= 0.6 is 0 Å². The van der Waals surface area contributed by atoms with E-state index in [4.69, 9.17) is 0 Å². The molecule has 0 saturated carbocycles. The zero-order chi connectivity index (χ0) is 14.8. The Morgan fingerprint density at radius 1 is 0.762 bits per heavy atom. The van der Waals surface area contributed by atoms with E-state index in [0.717, 1.165) is 32.4 Å². The smallest absolute Gasteiger partial charge is 0.222 e.